The Morgan fingerprint density at radius 2 is 1.21 bits per heavy atom. The Kier molecular flexibility index (Phi) is 4.86. The monoisotopic (exact) mass is 392 g/mol. The van der Waals surface area contributed by atoms with Gasteiger partial charge in [0.15, 0.2) is 0 Å². The third-order valence-corrected chi connectivity index (χ3v) is 4.06. The minimum absolute atomic E-state index is 0.108. The van der Waals surface area contributed by atoms with Gasteiger partial charge in [0, 0.05) is 17.3 Å². The number of hydrogen-bond donors (Lipinski definition) is 0. The topological polar surface area (TPSA) is 36.7 Å². The smallest absolute Gasteiger partial charge is 0.256 e. The summed E-state index contributed by atoms with van der Waals surface area (Å²) in [6.07, 6.45) is -8.32. The molecule has 0 radical (unpaired) electrons. The zero-order valence-corrected chi connectivity index (χ0v) is 13.9. The van der Waals surface area contributed by atoms with E-state index in [1.54, 1.807) is 6.07 Å². The van der Waals surface area contributed by atoms with Crippen LogP contribution in [0.4, 0.5) is 26.3 Å². The third-order valence-electron chi connectivity index (χ3n) is 4.06. The van der Waals surface area contributed by atoms with Gasteiger partial charge in [-0.3, -0.25) is 4.98 Å². The highest BCUT2D eigenvalue weighted by Gasteiger charge is 2.35. The Hall–Kier alpha value is -3.34. The van der Waals surface area contributed by atoms with Gasteiger partial charge in [0.1, 0.15) is 0 Å². The van der Waals surface area contributed by atoms with Crippen molar-refractivity contribution in [3.8, 4) is 28.5 Å². The summed E-state index contributed by atoms with van der Waals surface area (Å²) in [5.41, 5.74) is -2.91. The molecular weight excluding hydrogens is 382 g/mol. The first-order chi connectivity index (χ1) is 13.1. The van der Waals surface area contributed by atoms with Crippen LogP contribution in [0.1, 0.15) is 16.7 Å². The van der Waals surface area contributed by atoms with Crippen LogP contribution in [0.3, 0.4) is 0 Å². The van der Waals surface area contributed by atoms with Gasteiger partial charge in [-0.15, -0.1) is 0 Å². The molecule has 3 aromatic rings. The Labute approximate surface area is 155 Å². The molecule has 2 aromatic carbocycles. The predicted octanol–water partition coefficient (Wildman–Crippen LogP) is 6.32. The number of rotatable bonds is 2. The highest BCUT2D eigenvalue weighted by Crippen LogP contribution is 2.40. The minimum Gasteiger partial charge on any atom is -0.256 e. The maximum absolute atomic E-state index is 13.3. The van der Waals surface area contributed by atoms with E-state index in [2.05, 4.69) is 4.98 Å². The lowest BCUT2D eigenvalue weighted by atomic mass is 9.95. The zero-order valence-electron chi connectivity index (χ0n) is 13.9. The summed E-state index contributed by atoms with van der Waals surface area (Å²) >= 11 is 0. The summed E-state index contributed by atoms with van der Waals surface area (Å²) in [5, 5.41) is 9.39. The fourth-order valence-electron chi connectivity index (χ4n) is 2.83. The lowest BCUT2D eigenvalue weighted by molar-refractivity contribution is -0.137. The molecule has 0 unspecified atom stereocenters. The molecule has 0 fully saturated rings. The Morgan fingerprint density at radius 3 is 1.75 bits per heavy atom. The van der Waals surface area contributed by atoms with Crippen LogP contribution < -0.4 is 0 Å². The summed E-state index contributed by atoms with van der Waals surface area (Å²) in [5.74, 6) is 0. The van der Waals surface area contributed by atoms with Crippen molar-refractivity contribution in [1.82, 2.24) is 4.98 Å². The van der Waals surface area contributed by atoms with Gasteiger partial charge >= 0.3 is 12.4 Å². The number of aromatic nitrogens is 1. The van der Waals surface area contributed by atoms with Crippen LogP contribution in [-0.2, 0) is 12.4 Å². The van der Waals surface area contributed by atoms with E-state index in [1.165, 1.54) is 36.4 Å². The van der Waals surface area contributed by atoms with Crippen molar-refractivity contribution in [3.63, 3.8) is 0 Å². The Morgan fingerprint density at radius 1 is 0.714 bits per heavy atom. The fraction of sp³-hybridized carbons (Fsp3) is 0.100. The average molecular weight is 392 g/mol. The van der Waals surface area contributed by atoms with Gasteiger partial charge in [-0.25, -0.2) is 0 Å². The molecular formula is C20H10F6N2. The molecule has 1 heterocycles. The number of pyridine rings is 1. The van der Waals surface area contributed by atoms with Crippen LogP contribution in [-0.4, -0.2) is 4.98 Å². The van der Waals surface area contributed by atoms with Gasteiger partial charge in [-0.2, -0.15) is 31.6 Å². The summed E-state index contributed by atoms with van der Waals surface area (Å²) in [6, 6.07) is 12.1. The van der Waals surface area contributed by atoms with Crippen LogP contribution in [0.25, 0.3) is 22.4 Å². The number of hydrogen-bond acceptors (Lipinski definition) is 2. The molecule has 0 bridgehead atoms. The lowest BCUT2D eigenvalue weighted by Crippen LogP contribution is -2.08. The second kappa shape index (κ2) is 7.00. The summed E-state index contributed by atoms with van der Waals surface area (Å²) in [7, 11) is 0. The highest BCUT2D eigenvalue weighted by molar-refractivity contribution is 5.76. The molecule has 0 atom stereocenters. The van der Waals surface area contributed by atoms with E-state index < -0.39 is 23.5 Å². The molecule has 0 saturated carbocycles. The van der Waals surface area contributed by atoms with Crippen molar-refractivity contribution in [1.29, 1.82) is 5.26 Å². The maximum atomic E-state index is 13.3. The quantitative estimate of drug-likeness (QED) is 0.478. The van der Waals surface area contributed by atoms with Crippen molar-refractivity contribution in [2.24, 2.45) is 0 Å². The number of nitriles is 1. The first kappa shape index (κ1) is 19.4. The molecule has 142 valence electrons. The highest BCUT2D eigenvalue weighted by atomic mass is 19.4. The van der Waals surface area contributed by atoms with Gasteiger partial charge in [-0.1, -0.05) is 36.4 Å². The van der Waals surface area contributed by atoms with Crippen molar-refractivity contribution in [2.45, 2.75) is 12.4 Å². The molecule has 0 saturated heterocycles. The SMILES string of the molecule is N#Cc1cc(-c2ccccc2C(F)(F)F)ncc1-c1ccccc1C(F)(F)F. The van der Waals surface area contributed by atoms with E-state index in [0.29, 0.717) is 0 Å². The summed E-state index contributed by atoms with van der Waals surface area (Å²) in [4.78, 5) is 3.91. The molecule has 2 nitrogen and oxygen atoms in total. The summed E-state index contributed by atoms with van der Waals surface area (Å²) < 4.78 is 79.5. The molecule has 3 rings (SSSR count). The molecule has 0 aliphatic heterocycles. The fourth-order valence-corrected chi connectivity index (χ4v) is 2.83. The van der Waals surface area contributed by atoms with E-state index in [1.807, 2.05) is 0 Å². The summed E-state index contributed by atoms with van der Waals surface area (Å²) in [6.45, 7) is 0. The number of benzene rings is 2. The van der Waals surface area contributed by atoms with Crippen LogP contribution in [0, 0.1) is 11.3 Å². The number of alkyl halides is 6. The van der Waals surface area contributed by atoms with E-state index in [-0.39, 0.29) is 27.9 Å². The van der Waals surface area contributed by atoms with Crippen molar-refractivity contribution >= 4 is 0 Å². The third kappa shape index (κ3) is 3.69. The van der Waals surface area contributed by atoms with E-state index >= 15 is 0 Å². The molecule has 1 aromatic heterocycles. The molecule has 0 N–H and O–H groups in total. The van der Waals surface area contributed by atoms with E-state index in [0.717, 1.165) is 24.4 Å². The van der Waals surface area contributed by atoms with Gasteiger partial charge in [-0.05, 0) is 23.8 Å². The second-order valence-corrected chi connectivity index (χ2v) is 5.81. The molecule has 8 heteroatoms. The molecule has 0 aliphatic rings. The van der Waals surface area contributed by atoms with Crippen LogP contribution >= 0.6 is 0 Å². The van der Waals surface area contributed by atoms with Crippen molar-refractivity contribution in [3.05, 3.63) is 77.5 Å². The van der Waals surface area contributed by atoms with Crippen molar-refractivity contribution in [2.75, 3.05) is 0 Å². The maximum Gasteiger partial charge on any atom is 0.417 e. The molecule has 0 amide bonds. The Bertz CT molecular complexity index is 1060. The van der Waals surface area contributed by atoms with Crippen LogP contribution in [0.5, 0.6) is 0 Å². The van der Waals surface area contributed by atoms with Crippen molar-refractivity contribution < 1.29 is 26.3 Å². The van der Waals surface area contributed by atoms with Gasteiger partial charge in [0.2, 0.25) is 0 Å². The standard InChI is InChI=1S/C20H10F6N2/c21-19(22,23)16-7-3-1-5-13(16)15-11-28-18(9-12(15)10-27)14-6-2-4-8-17(14)20(24,25)26/h1-9,11H. The first-order valence-electron chi connectivity index (χ1n) is 7.86. The molecule has 0 spiro atoms. The normalized spacial score (nSPS) is 11.9. The second-order valence-electron chi connectivity index (χ2n) is 5.81. The largest absolute Gasteiger partial charge is 0.417 e. The van der Waals surface area contributed by atoms with E-state index in [9.17, 15) is 31.6 Å². The number of halogens is 6. The first-order valence-corrected chi connectivity index (χ1v) is 7.86. The Balaban J connectivity index is 2.20. The molecule has 0 aliphatic carbocycles. The van der Waals surface area contributed by atoms with Gasteiger partial charge < -0.3 is 0 Å². The van der Waals surface area contributed by atoms with Gasteiger partial charge in [0.25, 0.3) is 0 Å². The minimum atomic E-state index is -4.66. The lowest BCUT2D eigenvalue weighted by Gasteiger charge is -2.15. The van der Waals surface area contributed by atoms with Crippen LogP contribution in [0.2, 0.25) is 0 Å². The zero-order chi connectivity index (χ0) is 20.5. The molecule has 28 heavy (non-hydrogen) atoms. The van der Waals surface area contributed by atoms with E-state index in [4.69, 9.17) is 0 Å². The predicted molar refractivity (Wildman–Crippen MR) is 89.8 cm³/mol. The average Bonchev–Trinajstić information content (AvgIpc) is 2.66. The van der Waals surface area contributed by atoms with Crippen LogP contribution in [0.15, 0.2) is 60.8 Å². The van der Waals surface area contributed by atoms with Gasteiger partial charge in [0.05, 0.1) is 28.5 Å². The number of nitrogens with zero attached hydrogens (tertiary/aromatic N) is 2.